The van der Waals surface area contributed by atoms with Crippen LogP contribution in [0.2, 0.25) is 10.3 Å². The van der Waals surface area contributed by atoms with Crippen molar-refractivity contribution in [3.05, 3.63) is 66.5 Å². The van der Waals surface area contributed by atoms with Gasteiger partial charge in [-0.05, 0) is 49.2 Å². The minimum Gasteiger partial charge on any atom is -0.480 e. The van der Waals surface area contributed by atoms with E-state index in [0.29, 0.717) is 4.57 Å². The largest absolute Gasteiger partial charge is 0.480 e. The van der Waals surface area contributed by atoms with Gasteiger partial charge in [-0.25, -0.2) is 14.3 Å². The Kier molecular flexibility index (Phi) is 5.95. The van der Waals surface area contributed by atoms with Crippen molar-refractivity contribution in [1.29, 1.82) is 0 Å². The Morgan fingerprint density at radius 1 is 1.00 bits per heavy atom. The highest BCUT2D eigenvalue weighted by Gasteiger charge is 2.18. The summed E-state index contributed by atoms with van der Waals surface area (Å²) in [7, 11) is 0. The number of nitrogens with zero attached hydrogens (tertiary/aromatic N) is 3. The van der Waals surface area contributed by atoms with Crippen LogP contribution in [0.5, 0.6) is 0 Å². The molecule has 1 aromatic carbocycles. The van der Waals surface area contributed by atoms with E-state index in [2.05, 4.69) is 10.3 Å². The molecule has 2 N–H and O–H groups in total. The first-order valence-corrected chi connectivity index (χ1v) is 9.41. The molecule has 0 aliphatic heterocycles. The van der Waals surface area contributed by atoms with Crippen molar-refractivity contribution in [3.8, 4) is 0 Å². The number of aromatic nitrogens is 3. The molecule has 1 amide bonds. The van der Waals surface area contributed by atoms with Gasteiger partial charge in [-0.15, -0.1) is 0 Å². The molecule has 3 rings (SSSR count). The van der Waals surface area contributed by atoms with Gasteiger partial charge < -0.3 is 10.4 Å². The number of fused-ring (bicyclic) bond motifs is 1. The van der Waals surface area contributed by atoms with Crippen LogP contribution in [0.3, 0.4) is 0 Å². The van der Waals surface area contributed by atoms with Gasteiger partial charge in [-0.1, -0.05) is 23.2 Å². The van der Waals surface area contributed by atoms with Crippen LogP contribution < -0.4 is 16.6 Å². The van der Waals surface area contributed by atoms with Crippen LogP contribution >= 0.6 is 23.2 Å². The SMILES string of the molecule is Cc1cc2c(=O)n(CC(=O)O)c(=O)n(CC(=O)Nc3cc(Cl)nc(Cl)c3)c2cc1C. The molecule has 0 atom stereocenters. The number of pyridine rings is 1. The molecule has 0 aliphatic rings. The zero-order valence-corrected chi connectivity index (χ0v) is 17.4. The number of carbonyl (C=O) groups is 2. The van der Waals surface area contributed by atoms with E-state index >= 15 is 0 Å². The van der Waals surface area contributed by atoms with E-state index in [1.165, 1.54) is 12.1 Å². The molecule has 0 saturated heterocycles. The molecule has 30 heavy (non-hydrogen) atoms. The van der Waals surface area contributed by atoms with E-state index in [0.717, 1.165) is 15.7 Å². The Labute approximate surface area is 179 Å². The summed E-state index contributed by atoms with van der Waals surface area (Å²) in [5.74, 6) is -1.95. The maximum Gasteiger partial charge on any atom is 0.332 e. The van der Waals surface area contributed by atoms with Gasteiger partial charge in [0.25, 0.3) is 5.56 Å². The van der Waals surface area contributed by atoms with Crippen molar-refractivity contribution in [2.75, 3.05) is 5.32 Å². The van der Waals surface area contributed by atoms with Gasteiger partial charge in [-0.2, -0.15) is 0 Å². The second-order valence-corrected chi connectivity index (χ2v) is 7.43. The third kappa shape index (κ3) is 4.37. The molecule has 0 fully saturated rings. The standard InChI is InChI=1S/C19H16Cl2N4O5/c1-9-3-12-13(4-10(9)2)24(19(30)25(18(12)29)8-17(27)28)7-16(26)22-11-5-14(20)23-15(21)6-11/h3-6H,7-8H2,1-2H3,(H,27,28)(H,22,23,26). The van der Waals surface area contributed by atoms with Crippen molar-refractivity contribution in [2.45, 2.75) is 26.9 Å². The lowest BCUT2D eigenvalue weighted by Crippen LogP contribution is -2.43. The van der Waals surface area contributed by atoms with Crippen LogP contribution in [0.25, 0.3) is 10.9 Å². The van der Waals surface area contributed by atoms with Crippen LogP contribution in [0.1, 0.15) is 11.1 Å². The third-order valence-electron chi connectivity index (χ3n) is 4.48. The Hall–Kier alpha value is -3.17. The summed E-state index contributed by atoms with van der Waals surface area (Å²) >= 11 is 11.6. The molecule has 0 unspecified atom stereocenters. The summed E-state index contributed by atoms with van der Waals surface area (Å²) in [4.78, 5) is 53.1. The average molecular weight is 451 g/mol. The smallest absolute Gasteiger partial charge is 0.332 e. The van der Waals surface area contributed by atoms with Crippen molar-refractivity contribution in [1.82, 2.24) is 14.1 Å². The topological polar surface area (TPSA) is 123 Å². The lowest BCUT2D eigenvalue weighted by Gasteiger charge is -2.15. The minimum atomic E-state index is -1.35. The van der Waals surface area contributed by atoms with Crippen molar-refractivity contribution >= 4 is 51.7 Å². The molecule has 156 valence electrons. The Balaban J connectivity index is 2.12. The first kappa shape index (κ1) is 21.5. The molecule has 0 saturated carbocycles. The van der Waals surface area contributed by atoms with Crippen LogP contribution in [0, 0.1) is 13.8 Å². The van der Waals surface area contributed by atoms with Gasteiger partial charge in [0.2, 0.25) is 5.91 Å². The van der Waals surface area contributed by atoms with Crippen molar-refractivity contribution in [3.63, 3.8) is 0 Å². The van der Waals surface area contributed by atoms with Crippen molar-refractivity contribution in [2.24, 2.45) is 0 Å². The highest BCUT2D eigenvalue weighted by atomic mass is 35.5. The summed E-state index contributed by atoms with van der Waals surface area (Å²) in [6.45, 7) is 2.30. The molecular formula is C19H16Cl2N4O5. The fourth-order valence-electron chi connectivity index (χ4n) is 2.99. The zero-order chi connectivity index (χ0) is 22.2. The van der Waals surface area contributed by atoms with Gasteiger partial charge in [0.15, 0.2) is 0 Å². The number of carboxylic acids is 1. The van der Waals surface area contributed by atoms with Gasteiger partial charge in [0.1, 0.15) is 23.4 Å². The summed E-state index contributed by atoms with van der Waals surface area (Å²) in [5, 5.41) is 11.9. The number of halogens is 2. The first-order chi connectivity index (χ1) is 14.1. The van der Waals surface area contributed by atoms with Crippen LogP contribution in [-0.4, -0.2) is 31.1 Å². The van der Waals surface area contributed by atoms with Crippen LogP contribution in [0.15, 0.2) is 33.9 Å². The summed E-state index contributed by atoms with van der Waals surface area (Å²) in [6.07, 6.45) is 0. The lowest BCUT2D eigenvalue weighted by atomic mass is 10.1. The maximum atomic E-state index is 12.9. The van der Waals surface area contributed by atoms with E-state index in [4.69, 9.17) is 28.3 Å². The normalized spacial score (nSPS) is 10.9. The Bertz CT molecular complexity index is 1290. The number of hydrogen-bond donors (Lipinski definition) is 2. The fourth-order valence-corrected chi connectivity index (χ4v) is 3.45. The van der Waals surface area contributed by atoms with E-state index in [1.807, 2.05) is 0 Å². The van der Waals surface area contributed by atoms with Gasteiger partial charge in [-0.3, -0.25) is 19.0 Å². The molecule has 0 radical (unpaired) electrons. The minimum absolute atomic E-state index is 0.0709. The fraction of sp³-hybridized carbons (Fsp3) is 0.211. The molecule has 0 bridgehead atoms. The number of anilines is 1. The zero-order valence-electron chi connectivity index (χ0n) is 15.9. The third-order valence-corrected chi connectivity index (χ3v) is 4.87. The van der Waals surface area contributed by atoms with Crippen molar-refractivity contribution < 1.29 is 14.7 Å². The molecule has 3 aromatic rings. The van der Waals surface area contributed by atoms with E-state index in [9.17, 15) is 19.2 Å². The molecular weight excluding hydrogens is 435 g/mol. The quantitative estimate of drug-likeness (QED) is 0.574. The first-order valence-electron chi connectivity index (χ1n) is 8.66. The number of aliphatic carboxylic acids is 1. The van der Waals surface area contributed by atoms with Crippen LogP contribution in [-0.2, 0) is 22.7 Å². The summed E-state index contributed by atoms with van der Waals surface area (Å²) in [6, 6.07) is 5.95. The van der Waals surface area contributed by atoms with Crippen LogP contribution in [0.4, 0.5) is 5.69 Å². The van der Waals surface area contributed by atoms with Gasteiger partial charge >= 0.3 is 11.7 Å². The lowest BCUT2D eigenvalue weighted by molar-refractivity contribution is -0.137. The predicted molar refractivity (Wildman–Crippen MR) is 112 cm³/mol. The van der Waals surface area contributed by atoms with E-state index < -0.39 is 36.2 Å². The molecule has 0 aliphatic carbocycles. The van der Waals surface area contributed by atoms with Gasteiger partial charge in [0.05, 0.1) is 10.9 Å². The monoisotopic (exact) mass is 450 g/mol. The average Bonchev–Trinajstić information content (AvgIpc) is 2.63. The second kappa shape index (κ2) is 8.29. The number of carbonyl (C=O) groups excluding carboxylic acids is 1. The number of carboxylic acid groups (broad SMARTS) is 1. The Morgan fingerprint density at radius 3 is 2.20 bits per heavy atom. The molecule has 9 nitrogen and oxygen atoms in total. The summed E-state index contributed by atoms with van der Waals surface area (Å²) in [5.41, 5.74) is 0.462. The maximum absolute atomic E-state index is 12.9. The molecule has 2 aromatic heterocycles. The molecule has 11 heteroatoms. The highest BCUT2D eigenvalue weighted by Crippen LogP contribution is 2.19. The number of rotatable bonds is 5. The van der Waals surface area contributed by atoms with E-state index in [1.54, 1.807) is 26.0 Å². The predicted octanol–water partition coefficient (Wildman–Crippen LogP) is 2.21. The van der Waals surface area contributed by atoms with Gasteiger partial charge in [0, 0.05) is 5.69 Å². The number of benzene rings is 1. The Morgan fingerprint density at radius 2 is 1.60 bits per heavy atom. The van der Waals surface area contributed by atoms with E-state index in [-0.39, 0.29) is 26.9 Å². The number of hydrogen-bond acceptors (Lipinski definition) is 5. The number of aryl methyl sites for hydroxylation is 2. The second-order valence-electron chi connectivity index (χ2n) is 6.66. The number of nitrogens with one attached hydrogen (secondary N) is 1. The molecule has 0 spiro atoms. The highest BCUT2D eigenvalue weighted by molar-refractivity contribution is 6.33. The number of amides is 1. The summed E-state index contributed by atoms with van der Waals surface area (Å²) < 4.78 is 1.65. The molecule has 2 heterocycles.